The lowest BCUT2D eigenvalue weighted by atomic mass is 10.2. The third-order valence-electron chi connectivity index (χ3n) is 5.34. The molecule has 0 aliphatic carbocycles. The maximum Gasteiger partial charge on any atom is 0.229 e. The zero-order chi connectivity index (χ0) is 25.3. The SMILES string of the molecule is COc1cc(P(C)(C)=O)ccc1Nc1ncc(C)c(Nc2ccc(C)cc2S(=O)(=O)C(C)C)n1. The standard InChI is InChI=1S/C24H31N4O4PS/c1-15(2)34(30,31)22-12-16(3)8-10-20(22)26-23-17(4)14-25-24(28-23)27-19-11-9-18(33(6,7)29)13-21(19)32-5/h8-15H,1-7H3,(H2,25,26,27,28). The third-order valence-corrected chi connectivity index (χ3v) is 9.06. The van der Waals surface area contributed by atoms with Gasteiger partial charge < -0.3 is 19.9 Å². The molecule has 3 rings (SSSR count). The lowest BCUT2D eigenvalue weighted by molar-refractivity contribution is 0.417. The highest BCUT2D eigenvalue weighted by molar-refractivity contribution is 7.92. The number of anilines is 4. The highest BCUT2D eigenvalue weighted by atomic mass is 32.2. The van der Waals surface area contributed by atoms with Gasteiger partial charge in [0, 0.05) is 17.1 Å². The molecule has 0 unspecified atom stereocenters. The molecule has 0 amide bonds. The number of rotatable bonds is 8. The van der Waals surface area contributed by atoms with E-state index >= 15 is 0 Å². The number of aromatic nitrogens is 2. The fraction of sp³-hybridized carbons (Fsp3) is 0.333. The summed E-state index contributed by atoms with van der Waals surface area (Å²) in [5.41, 5.74) is 2.67. The first-order valence-corrected chi connectivity index (χ1v) is 14.9. The normalized spacial score (nSPS) is 12.0. The van der Waals surface area contributed by atoms with E-state index in [1.165, 1.54) is 7.11 Å². The van der Waals surface area contributed by atoms with E-state index in [4.69, 9.17) is 4.74 Å². The van der Waals surface area contributed by atoms with E-state index in [0.29, 0.717) is 34.2 Å². The molecule has 0 aliphatic heterocycles. The molecule has 0 radical (unpaired) electrons. The second-order valence-electron chi connectivity index (χ2n) is 8.80. The second kappa shape index (κ2) is 9.76. The Labute approximate surface area is 201 Å². The Balaban J connectivity index is 1.97. The minimum Gasteiger partial charge on any atom is -0.495 e. The van der Waals surface area contributed by atoms with Gasteiger partial charge in [0.15, 0.2) is 9.84 Å². The highest BCUT2D eigenvalue weighted by Gasteiger charge is 2.23. The largest absolute Gasteiger partial charge is 0.495 e. The van der Waals surface area contributed by atoms with Crippen molar-refractivity contribution in [3.8, 4) is 5.75 Å². The van der Waals surface area contributed by atoms with Gasteiger partial charge in [-0.2, -0.15) is 4.98 Å². The number of nitrogens with zero attached hydrogens (tertiary/aromatic N) is 2. The van der Waals surface area contributed by atoms with Gasteiger partial charge in [0.2, 0.25) is 5.95 Å². The van der Waals surface area contributed by atoms with Crippen LogP contribution in [0.2, 0.25) is 0 Å². The Bertz CT molecular complexity index is 1370. The van der Waals surface area contributed by atoms with Crippen LogP contribution < -0.4 is 20.7 Å². The molecule has 10 heteroatoms. The van der Waals surface area contributed by atoms with E-state index in [2.05, 4.69) is 20.6 Å². The summed E-state index contributed by atoms with van der Waals surface area (Å²) in [6.45, 7) is 10.4. The molecule has 8 nitrogen and oxygen atoms in total. The topological polar surface area (TPSA) is 110 Å². The first-order valence-electron chi connectivity index (χ1n) is 10.8. The summed E-state index contributed by atoms with van der Waals surface area (Å²) in [6.07, 6.45) is 1.65. The monoisotopic (exact) mass is 502 g/mol. The molecular formula is C24H31N4O4PS. The molecule has 0 bridgehead atoms. The van der Waals surface area contributed by atoms with Crippen LogP contribution >= 0.6 is 7.14 Å². The molecule has 1 aromatic heterocycles. The van der Waals surface area contributed by atoms with Crippen LogP contribution in [0.4, 0.5) is 23.1 Å². The van der Waals surface area contributed by atoms with Gasteiger partial charge in [-0.3, -0.25) is 0 Å². The molecule has 0 aliphatic rings. The maximum absolute atomic E-state index is 12.9. The summed E-state index contributed by atoms with van der Waals surface area (Å²) in [4.78, 5) is 9.14. The number of hydrogen-bond donors (Lipinski definition) is 2. The molecule has 0 fully saturated rings. The Kier molecular flexibility index (Phi) is 7.38. The summed E-state index contributed by atoms with van der Waals surface area (Å²) in [5, 5.41) is 6.46. The van der Waals surface area contributed by atoms with E-state index in [1.807, 2.05) is 19.9 Å². The van der Waals surface area contributed by atoms with Gasteiger partial charge in [0.05, 0.1) is 28.6 Å². The highest BCUT2D eigenvalue weighted by Crippen LogP contribution is 2.38. The molecule has 3 aromatic rings. The number of benzene rings is 2. The quantitative estimate of drug-likeness (QED) is 0.413. The fourth-order valence-corrected chi connectivity index (χ4v) is 5.36. The van der Waals surface area contributed by atoms with Crippen molar-refractivity contribution in [1.82, 2.24) is 9.97 Å². The van der Waals surface area contributed by atoms with Crippen LogP contribution in [-0.2, 0) is 14.4 Å². The van der Waals surface area contributed by atoms with Crippen molar-refractivity contribution < 1.29 is 17.7 Å². The Morgan fingerprint density at radius 3 is 2.29 bits per heavy atom. The van der Waals surface area contributed by atoms with Crippen LogP contribution in [0.1, 0.15) is 25.0 Å². The number of nitrogens with one attached hydrogen (secondary N) is 2. The van der Waals surface area contributed by atoms with E-state index in [-0.39, 0.29) is 4.90 Å². The Morgan fingerprint density at radius 1 is 1.00 bits per heavy atom. The minimum absolute atomic E-state index is 0.232. The number of hydrogen-bond acceptors (Lipinski definition) is 8. The molecule has 2 N–H and O–H groups in total. The maximum atomic E-state index is 12.9. The van der Waals surface area contributed by atoms with Crippen molar-refractivity contribution in [3.63, 3.8) is 0 Å². The summed E-state index contributed by atoms with van der Waals surface area (Å²) in [6, 6.07) is 10.6. The number of aryl methyl sites for hydroxylation is 2. The van der Waals surface area contributed by atoms with E-state index in [1.54, 1.807) is 63.7 Å². The lowest BCUT2D eigenvalue weighted by Crippen LogP contribution is -2.16. The minimum atomic E-state index is -3.51. The number of ether oxygens (including phenoxy) is 1. The summed E-state index contributed by atoms with van der Waals surface area (Å²) < 4.78 is 43.8. The van der Waals surface area contributed by atoms with Gasteiger partial charge in [-0.15, -0.1) is 0 Å². The van der Waals surface area contributed by atoms with Crippen molar-refractivity contribution in [2.24, 2.45) is 0 Å². The van der Waals surface area contributed by atoms with Gasteiger partial charge >= 0.3 is 0 Å². The molecule has 0 saturated carbocycles. The van der Waals surface area contributed by atoms with Crippen LogP contribution in [-0.4, -0.2) is 44.1 Å². The van der Waals surface area contributed by atoms with Crippen LogP contribution in [0.25, 0.3) is 0 Å². The fourth-order valence-electron chi connectivity index (χ4n) is 3.22. The van der Waals surface area contributed by atoms with Crippen molar-refractivity contribution in [2.45, 2.75) is 37.8 Å². The average Bonchev–Trinajstić information content (AvgIpc) is 2.76. The van der Waals surface area contributed by atoms with Gasteiger partial charge in [-0.1, -0.05) is 6.07 Å². The van der Waals surface area contributed by atoms with Crippen molar-refractivity contribution >= 4 is 45.4 Å². The van der Waals surface area contributed by atoms with Gasteiger partial charge in [0.1, 0.15) is 18.7 Å². The van der Waals surface area contributed by atoms with Crippen molar-refractivity contribution in [3.05, 3.63) is 53.7 Å². The lowest BCUT2D eigenvalue weighted by Gasteiger charge is -2.17. The third kappa shape index (κ3) is 5.59. The zero-order valence-electron chi connectivity index (χ0n) is 20.5. The van der Waals surface area contributed by atoms with Crippen LogP contribution in [0.3, 0.4) is 0 Å². The first-order chi connectivity index (χ1) is 15.8. The summed E-state index contributed by atoms with van der Waals surface area (Å²) in [7, 11) is -4.41. The average molecular weight is 503 g/mol. The first kappa shape index (κ1) is 25.7. The van der Waals surface area contributed by atoms with E-state index < -0.39 is 22.2 Å². The molecule has 0 spiro atoms. The van der Waals surface area contributed by atoms with E-state index in [0.717, 1.165) is 11.1 Å². The molecule has 182 valence electrons. The molecule has 34 heavy (non-hydrogen) atoms. The number of sulfone groups is 1. The molecule has 0 atom stereocenters. The Morgan fingerprint density at radius 2 is 1.68 bits per heavy atom. The molecule has 0 saturated heterocycles. The summed E-state index contributed by atoms with van der Waals surface area (Å²) in [5.74, 6) is 1.29. The van der Waals surface area contributed by atoms with Crippen molar-refractivity contribution in [2.75, 3.05) is 31.1 Å². The van der Waals surface area contributed by atoms with Crippen molar-refractivity contribution in [1.29, 1.82) is 0 Å². The molecule has 1 heterocycles. The summed E-state index contributed by atoms with van der Waals surface area (Å²) >= 11 is 0. The van der Waals surface area contributed by atoms with E-state index in [9.17, 15) is 13.0 Å². The van der Waals surface area contributed by atoms with Gasteiger partial charge in [0.25, 0.3) is 0 Å². The molecule has 2 aromatic carbocycles. The van der Waals surface area contributed by atoms with Gasteiger partial charge in [-0.25, -0.2) is 13.4 Å². The van der Waals surface area contributed by atoms with Gasteiger partial charge in [-0.05, 0) is 76.9 Å². The zero-order valence-corrected chi connectivity index (χ0v) is 22.2. The van der Waals surface area contributed by atoms with Crippen LogP contribution in [0.15, 0.2) is 47.5 Å². The molecular weight excluding hydrogens is 471 g/mol. The Hall–Kier alpha value is -2.90. The second-order valence-corrected chi connectivity index (χ2v) is 14.5. The number of methoxy groups -OCH3 is 1. The smallest absolute Gasteiger partial charge is 0.229 e. The van der Waals surface area contributed by atoms with Crippen LogP contribution in [0, 0.1) is 13.8 Å². The predicted octanol–water partition coefficient (Wildman–Crippen LogP) is 5.02. The van der Waals surface area contributed by atoms with Crippen LogP contribution in [0.5, 0.6) is 5.75 Å². The predicted molar refractivity (Wildman–Crippen MR) is 139 cm³/mol.